The van der Waals surface area contributed by atoms with Gasteiger partial charge in [-0.1, -0.05) is 30.3 Å². The number of anilines is 1. The van der Waals surface area contributed by atoms with Crippen molar-refractivity contribution in [3.8, 4) is 11.5 Å². The lowest BCUT2D eigenvalue weighted by Gasteiger charge is -2.32. The largest absolute Gasteiger partial charge is 0.497 e. The number of para-hydroxylation sites is 3. The van der Waals surface area contributed by atoms with Gasteiger partial charge in [0.2, 0.25) is 5.95 Å². The van der Waals surface area contributed by atoms with Crippen molar-refractivity contribution >= 4 is 28.6 Å². The topological polar surface area (TPSA) is 74.6 Å². The number of ether oxygens (including phenoxy) is 3. The van der Waals surface area contributed by atoms with Gasteiger partial charge in [-0.25, -0.2) is 9.78 Å². The van der Waals surface area contributed by atoms with Crippen LogP contribution in [-0.2, 0) is 9.53 Å². The molecule has 1 N–H and O–H groups in total. The van der Waals surface area contributed by atoms with Gasteiger partial charge in [0.05, 0.1) is 43.1 Å². The minimum absolute atomic E-state index is 0.258. The maximum Gasteiger partial charge on any atom is 0.338 e. The van der Waals surface area contributed by atoms with Crippen molar-refractivity contribution in [1.82, 2.24) is 9.55 Å². The normalized spacial score (nSPS) is 15.0. The van der Waals surface area contributed by atoms with Gasteiger partial charge in [-0.15, -0.1) is 0 Å². The van der Waals surface area contributed by atoms with Crippen molar-refractivity contribution in [2.45, 2.75) is 13.0 Å². The van der Waals surface area contributed by atoms with Gasteiger partial charge in [-0.05, 0) is 55.0 Å². The first-order valence-electron chi connectivity index (χ1n) is 11.1. The number of fused-ring (bicyclic) bond motifs is 3. The Hall–Kier alpha value is -4.26. The van der Waals surface area contributed by atoms with E-state index in [-0.39, 0.29) is 6.61 Å². The quantitative estimate of drug-likeness (QED) is 0.411. The number of aromatic nitrogens is 2. The van der Waals surface area contributed by atoms with Gasteiger partial charge in [-0.3, -0.25) is 4.57 Å². The van der Waals surface area contributed by atoms with Crippen LogP contribution in [0.25, 0.3) is 16.7 Å². The highest BCUT2D eigenvalue weighted by Crippen LogP contribution is 2.44. The average molecular weight is 456 g/mol. The van der Waals surface area contributed by atoms with E-state index in [1.165, 1.54) is 0 Å². The molecule has 0 fully saturated rings. The maximum atomic E-state index is 13.5. The second-order valence-electron chi connectivity index (χ2n) is 7.80. The minimum Gasteiger partial charge on any atom is -0.497 e. The number of hydrogen-bond donors (Lipinski definition) is 1. The summed E-state index contributed by atoms with van der Waals surface area (Å²) in [5.41, 5.74) is 4.50. The van der Waals surface area contributed by atoms with Gasteiger partial charge in [0.1, 0.15) is 17.5 Å². The van der Waals surface area contributed by atoms with Gasteiger partial charge in [0, 0.05) is 5.56 Å². The zero-order valence-electron chi connectivity index (χ0n) is 19.2. The molecular weight excluding hydrogens is 430 g/mol. The fraction of sp³-hybridized carbons (Fsp3) is 0.185. The summed E-state index contributed by atoms with van der Waals surface area (Å²) in [6.07, 6.45) is 0. The van der Waals surface area contributed by atoms with Crippen molar-refractivity contribution in [1.29, 1.82) is 0 Å². The van der Waals surface area contributed by atoms with E-state index >= 15 is 0 Å². The summed E-state index contributed by atoms with van der Waals surface area (Å²) in [6, 6.07) is 22.6. The summed E-state index contributed by atoms with van der Waals surface area (Å²) < 4.78 is 18.6. The number of hydrogen-bond acceptors (Lipinski definition) is 6. The Kier molecular flexibility index (Phi) is 5.67. The van der Waals surface area contributed by atoms with Crippen LogP contribution in [0.3, 0.4) is 0 Å². The van der Waals surface area contributed by atoms with Gasteiger partial charge in [0.25, 0.3) is 0 Å². The number of esters is 1. The highest BCUT2D eigenvalue weighted by molar-refractivity contribution is 6.03. The Morgan fingerprint density at radius 3 is 2.44 bits per heavy atom. The van der Waals surface area contributed by atoms with Gasteiger partial charge in [0.15, 0.2) is 0 Å². The Bertz CT molecular complexity index is 1390. The number of carbonyl (C=O) groups excluding carboxylic acids is 1. The Morgan fingerprint density at radius 2 is 1.71 bits per heavy atom. The molecule has 3 aromatic carbocycles. The third-order valence-corrected chi connectivity index (χ3v) is 5.94. The molecule has 0 saturated heterocycles. The molecule has 1 atom stereocenters. The van der Waals surface area contributed by atoms with Crippen LogP contribution in [0.15, 0.2) is 78.4 Å². The Balaban J connectivity index is 1.83. The Morgan fingerprint density at radius 1 is 0.971 bits per heavy atom. The highest BCUT2D eigenvalue weighted by Gasteiger charge is 2.38. The number of carbonyl (C=O) groups is 1. The van der Waals surface area contributed by atoms with Crippen LogP contribution < -0.4 is 14.8 Å². The van der Waals surface area contributed by atoms with Crippen LogP contribution in [0.1, 0.15) is 24.1 Å². The summed E-state index contributed by atoms with van der Waals surface area (Å²) >= 11 is 0. The lowest BCUT2D eigenvalue weighted by atomic mass is 9.91. The van der Waals surface area contributed by atoms with Crippen LogP contribution in [0.5, 0.6) is 11.5 Å². The molecule has 1 aliphatic heterocycles. The zero-order chi connectivity index (χ0) is 23.7. The van der Waals surface area contributed by atoms with Gasteiger partial charge < -0.3 is 19.5 Å². The van der Waals surface area contributed by atoms with Gasteiger partial charge >= 0.3 is 5.97 Å². The second kappa shape index (κ2) is 8.94. The third kappa shape index (κ3) is 3.55. The molecule has 0 saturated carbocycles. The predicted molar refractivity (Wildman–Crippen MR) is 131 cm³/mol. The van der Waals surface area contributed by atoms with Crippen molar-refractivity contribution in [3.63, 3.8) is 0 Å². The van der Waals surface area contributed by atoms with Crippen LogP contribution in [0, 0.1) is 0 Å². The van der Waals surface area contributed by atoms with E-state index < -0.39 is 12.0 Å². The van der Waals surface area contributed by atoms with E-state index in [9.17, 15) is 4.79 Å². The number of benzene rings is 3. The number of methoxy groups -OCH3 is 2. The van der Waals surface area contributed by atoms with Crippen LogP contribution >= 0.6 is 0 Å². The van der Waals surface area contributed by atoms with E-state index in [4.69, 9.17) is 19.2 Å². The molecule has 1 aromatic heterocycles. The molecule has 0 bridgehead atoms. The highest BCUT2D eigenvalue weighted by atomic mass is 16.5. The summed E-state index contributed by atoms with van der Waals surface area (Å²) in [5, 5.41) is 3.42. The van der Waals surface area contributed by atoms with Crippen LogP contribution in [0.4, 0.5) is 5.95 Å². The monoisotopic (exact) mass is 455 g/mol. The number of imidazole rings is 1. The van der Waals surface area contributed by atoms with Gasteiger partial charge in [-0.2, -0.15) is 0 Å². The van der Waals surface area contributed by atoms with Crippen molar-refractivity contribution in [2.75, 3.05) is 26.1 Å². The zero-order valence-corrected chi connectivity index (χ0v) is 19.2. The first kappa shape index (κ1) is 21.6. The van der Waals surface area contributed by atoms with Crippen LogP contribution in [-0.4, -0.2) is 36.3 Å². The van der Waals surface area contributed by atoms with E-state index in [1.54, 1.807) is 21.1 Å². The Labute approximate surface area is 197 Å². The smallest absolute Gasteiger partial charge is 0.338 e. The SMILES string of the molecule is CCOC(=O)C1=C(c2ccc(OC)cc2)Nc2nc3ccccc3n2C1c1ccccc1OC. The fourth-order valence-corrected chi connectivity index (χ4v) is 4.43. The summed E-state index contributed by atoms with van der Waals surface area (Å²) in [4.78, 5) is 18.4. The molecule has 7 nitrogen and oxygen atoms in total. The van der Waals surface area contributed by atoms with E-state index in [0.29, 0.717) is 23.0 Å². The second-order valence-corrected chi connectivity index (χ2v) is 7.80. The molecule has 5 rings (SSSR count). The third-order valence-electron chi connectivity index (χ3n) is 5.94. The standard InChI is InChI=1S/C27H25N3O4/c1-4-34-26(31)23-24(17-13-15-18(32-2)16-14-17)29-27-28-20-10-6-7-11-21(20)30(27)25(23)19-9-5-8-12-22(19)33-3/h5-16,25H,4H2,1-3H3,(H,28,29). The molecule has 4 aromatic rings. The van der Waals surface area contributed by atoms with Crippen molar-refractivity contribution in [3.05, 3.63) is 89.5 Å². The molecule has 172 valence electrons. The molecule has 0 spiro atoms. The summed E-state index contributed by atoms with van der Waals surface area (Å²) in [6.45, 7) is 2.06. The molecule has 7 heteroatoms. The molecule has 0 aliphatic carbocycles. The fourth-order valence-electron chi connectivity index (χ4n) is 4.43. The molecule has 1 unspecified atom stereocenters. The minimum atomic E-state index is -0.518. The molecule has 0 amide bonds. The summed E-state index contributed by atoms with van der Waals surface area (Å²) in [7, 11) is 3.25. The maximum absolute atomic E-state index is 13.5. The summed E-state index contributed by atoms with van der Waals surface area (Å²) in [5.74, 6) is 1.64. The number of nitrogens with one attached hydrogen (secondary N) is 1. The van der Waals surface area contributed by atoms with E-state index in [1.807, 2.05) is 77.4 Å². The number of rotatable bonds is 6. The predicted octanol–water partition coefficient (Wildman–Crippen LogP) is 5.04. The number of nitrogens with zero attached hydrogens (tertiary/aromatic N) is 2. The molecule has 1 aliphatic rings. The lowest BCUT2D eigenvalue weighted by molar-refractivity contribution is -0.138. The lowest BCUT2D eigenvalue weighted by Crippen LogP contribution is -2.29. The van der Waals surface area contributed by atoms with E-state index in [0.717, 1.165) is 27.9 Å². The first-order chi connectivity index (χ1) is 16.7. The average Bonchev–Trinajstić information content (AvgIpc) is 3.26. The van der Waals surface area contributed by atoms with Crippen molar-refractivity contribution < 1.29 is 19.0 Å². The molecule has 2 heterocycles. The molecule has 34 heavy (non-hydrogen) atoms. The molecular formula is C27H25N3O4. The molecule has 0 radical (unpaired) electrons. The van der Waals surface area contributed by atoms with E-state index in [2.05, 4.69) is 5.32 Å². The van der Waals surface area contributed by atoms with Crippen LogP contribution in [0.2, 0.25) is 0 Å². The first-order valence-corrected chi connectivity index (χ1v) is 11.1. The van der Waals surface area contributed by atoms with Crippen molar-refractivity contribution in [2.24, 2.45) is 0 Å².